The number of hydrogen-bond donors (Lipinski definition) is 3. The van der Waals surface area contributed by atoms with E-state index < -0.39 is 15.6 Å². The second-order valence-electron chi connectivity index (χ2n) is 7.28. The molecule has 0 amide bonds. The average Bonchev–Trinajstić information content (AvgIpc) is 2.60. The van der Waals surface area contributed by atoms with Crippen molar-refractivity contribution in [1.82, 2.24) is 15.4 Å². The molecule has 0 aliphatic rings. The third kappa shape index (κ3) is 10.4. The molecule has 1 aromatic rings. The first-order valence-electron chi connectivity index (χ1n) is 9.99. The van der Waals surface area contributed by atoms with E-state index in [1.807, 2.05) is 39.0 Å². The van der Waals surface area contributed by atoms with Crippen LogP contribution in [-0.4, -0.2) is 59.0 Å². The second-order valence-corrected chi connectivity index (χ2v) is 9.03. The molecule has 0 spiro atoms. The van der Waals surface area contributed by atoms with Gasteiger partial charge in [-0.3, -0.25) is 4.99 Å². The minimum absolute atomic E-state index is 0.312. The van der Waals surface area contributed by atoms with Gasteiger partial charge in [0, 0.05) is 18.6 Å². The molecule has 0 radical (unpaired) electrons. The van der Waals surface area contributed by atoms with E-state index in [0.29, 0.717) is 38.8 Å². The predicted molar refractivity (Wildman–Crippen MR) is 119 cm³/mol. The summed E-state index contributed by atoms with van der Waals surface area (Å²) in [6.07, 6.45) is 1.93. The van der Waals surface area contributed by atoms with Gasteiger partial charge in [0.25, 0.3) is 0 Å². The lowest BCUT2D eigenvalue weighted by atomic mass is 10.1. The molecule has 0 aromatic heterocycles. The van der Waals surface area contributed by atoms with Crippen molar-refractivity contribution in [3.63, 3.8) is 0 Å². The van der Waals surface area contributed by atoms with Gasteiger partial charge in [-0.2, -0.15) is 0 Å². The van der Waals surface area contributed by atoms with Crippen molar-refractivity contribution in [2.45, 2.75) is 46.6 Å². The normalized spacial score (nSPS) is 12.6. The summed E-state index contributed by atoms with van der Waals surface area (Å²) in [5, 5.41) is 6.46. The zero-order valence-corrected chi connectivity index (χ0v) is 19.3. The summed E-state index contributed by atoms with van der Waals surface area (Å²) in [7, 11) is -3.29. The van der Waals surface area contributed by atoms with Crippen LogP contribution in [0.25, 0.3) is 0 Å². The molecule has 0 saturated carbocycles. The molecule has 0 fully saturated rings. The van der Waals surface area contributed by atoms with Gasteiger partial charge in [0.2, 0.25) is 10.0 Å². The van der Waals surface area contributed by atoms with E-state index in [1.165, 1.54) is 0 Å². The number of benzene rings is 1. The van der Waals surface area contributed by atoms with Crippen LogP contribution in [0.15, 0.2) is 23.2 Å². The van der Waals surface area contributed by atoms with Gasteiger partial charge in [0.05, 0.1) is 26.0 Å². The topological polar surface area (TPSA) is 101 Å². The SMILES string of the molecule is CCNC(=NCC(C)(C)NS(C)(=O)=O)NCCc1ccc(OCC)c(OCC)c1. The number of aliphatic imine (C=N–C) groups is 1. The van der Waals surface area contributed by atoms with E-state index in [9.17, 15) is 8.42 Å². The van der Waals surface area contributed by atoms with Crippen molar-refractivity contribution in [2.75, 3.05) is 39.1 Å². The number of sulfonamides is 1. The second kappa shape index (κ2) is 11.9. The number of guanidine groups is 1. The molecule has 0 bridgehead atoms. The Hall–Kier alpha value is -2.00. The van der Waals surface area contributed by atoms with Crippen LogP contribution in [0.4, 0.5) is 0 Å². The number of nitrogens with one attached hydrogen (secondary N) is 3. The van der Waals surface area contributed by atoms with E-state index in [1.54, 1.807) is 13.8 Å². The Morgan fingerprint density at radius 3 is 2.31 bits per heavy atom. The lowest BCUT2D eigenvalue weighted by Crippen LogP contribution is -2.47. The molecule has 166 valence electrons. The fourth-order valence-electron chi connectivity index (χ4n) is 2.73. The lowest BCUT2D eigenvalue weighted by Gasteiger charge is -2.23. The fourth-order valence-corrected chi connectivity index (χ4v) is 3.80. The van der Waals surface area contributed by atoms with Crippen molar-refractivity contribution in [3.8, 4) is 11.5 Å². The average molecular weight is 429 g/mol. The molecule has 0 unspecified atom stereocenters. The first kappa shape index (κ1) is 25.0. The number of ether oxygens (including phenoxy) is 2. The predicted octanol–water partition coefficient (Wildman–Crippen LogP) is 1.91. The molecule has 0 aliphatic carbocycles. The molecular weight excluding hydrogens is 392 g/mol. The molecule has 0 atom stereocenters. The van der Waals surface area contributed by atoms with Crippen LogP contribution in [-0.2, 0) is 16.4 Å². The van der Waals surface area contributed by atoms with Gasteiger partial charge in [0.1, 0.15) is 0 Å². The Labute approximate surface area is 175 Å². The molecule has 0 saturated heterocycles. The minimum atomic E-state index is -3.29. The number of rotatable bonds is 12. The van der Waals surface area contributed by atoms with Crippen LogP contribution < -0.4 is 24.8 Å². The summed E-state index contributed by atoms with van der Waals surface area (Å²) >= 11 is 0. The van der Waals surface area contributed by atoms with E-state index in [4.69, 9.17) is 9.47 Å². The summed E-state index contributed by atoms with van der Waals surface area (Å²) in [5.41, 5.74) is 0.455. The molecule has 1 aromatic carbocycles. The van der Waals surface area contributed by atoms with E-state index in [0.717, 1.165) is 29.7 Å². The van der Waals surface area contributed by atoms with Crippen LogP contribution in [0.5, 0.6) is 11.5 Å². The molecule has 8 nitrogen and oxygen atoms in total. The smallest absolute Gasteiger partial charge is 0.209 e. The van der Waals surface area contributed by atoms with Crippen LogP contribution in [0, 0.1) is 0 Å². The van der Waals surface area contributed by atoms with Crippen molar-refractivity contribution in [1.29, 1.82) is 0 Å². The molecular formula is C20H36N4O4S. The quantitative estimate of drug-likeness (QED) is 0.347. The van der Waals surface area contributed by atoms with E-state index in [2.05, 4.69) is 20.3 Å². The van der Waals surface area contributed by atoms with Gasteiger partial charge >= 0.3 is 0 Å². The standard InChI is InChI=1S/C20H36N4O4S/c1-7-21-19(23-15-20(4,5)24-29(6,25)26)22-13-12-16-10-11-17(27-8-2)18(14-16)28-9-3/h10-11,14,24H,7-9,12-13,15H2,1-6H3,(H2,21,22,23). The van der Waals surface area contributed by atoms with E-state index in [-0.39, 0.29) is 0 Å². The third-order valence-corrected chi connectivity index (χ3v) is 4.68. The van der Waals surface area contributed by atoms with Crippen LogP contribution in [0.3, 0.4) is 0 Å². The fraction of sp³-hybridized carbons (Fsp3) is 0.650. The minimum Gasteiger partial charge on any atom is -0.490 e. The maximum atomic E-state index is 11.5. The van der Waals surface area contributed by atoms with Crippen LogP contribution >= 0.6 is 0 Å². The number of nitrogens with zero attached hydrogens (tertiary/aromatic N) is 1. The largest absolute Gasteiger partial charge is 0.490 e. The van der Waals surface area contributed by atoms with Gasteiger partial charge in [-0.05, 0) is 58.7 Å². The van der Waals surface area contributed by atoms with Gasteiger partial charge in [-0.15, -0.1) is 0 Å². The van der Waals surface area contributed by atoms with Gasteiger partial charge < -0.3 is 20.1 Å². The monoisotopic (exact) mass is 428 g/mol. The van der Waals surface area contributed by atoms with Crippen molar-refractivity contribution >= 4 is 16.0 Å². The highest BCUT2D eigenvalue weighted by Crippen LogP contribution is 2.28. The highest BCUT2D eigenvalue weighted by molar-refractivity contribution is 7.88. The highest BCUT2D eigenvalue weighted by atomic mass is 32.2. The molecule has 3 N–H and O–H groups in total. The summed E-state index contributed by atoms with van der Waals surface area (Å²) in [6, 6.07) is 5.96. The molecule has 0 aliphatic heterocycles. The van der Waals surface area contributed by atoms with Gasteiger partial charge in [-0.25, -0.2) is 13.1 Å². The van der Waals surface area contributed by atoms with Crippen LogP contribution in [0.2, 0.25) is 0 Å². The summed E-state index contributed by atoms with van der Waals surface area (Å²) in [6.45, 7) is 12.3. The van der Waals surface area contributed by atoms with Crippen molar-refractivity contribution in [2.24, 2.45) is 4.99 Å². The number of hydrogen-bond acceptors (Lipinski definition) is 5. The van der Waals surface area contributed by atoms with Gasteiger partial charge in [-0.1, -0.05) is 6.07 Å². The van der Waals surface area contributed by atoms with E-state index >= 15 is 0 Å². The highest BCUT2D eigenvalue weighted by Gasteiger charge is 2.21. The molecule has 0 heterocycles. The lowest BCUT2D eigenvalue weighted by molar-refractivity contribution is 0.287. The van der Waals surface area contributed by atoms with Crippen molar-refractivity contribution in [3.05, 3.63) is 23.8 Å². The summed E-state index contributed by atoms with van der Waals surface area (Å²) < 4.78 is 36.8. The zero-order valence-electron chi connectivity index (χ0n) is 18.5. The third-order valence-electron chi connectivity index (χ3n) is 3.75. The Kier molecular flexibility index (Phi) is 10.2. The Morgan fingerprint density at radius 1 is 1.07 bits per heavy atom. The summed E-state index contributed by atoms with van der Waals surface area (Å²) in [4.78, 5) is 4.51. The first-order valence-corrected chi connectivity index (χ1v) is 11.9. The molecule has 29 heavy (non-hydrogen) atoms. The van der Waals surface area contributed by atoms with Gasteiger partial charge in [0.15, 0.2) is 17.5 Å². The molecule has 1 rings (SSSR count). The maximum Gasteiger partial charge on any atom is 0.209 e. The first-order chi connectivity index (χ1) is 13.6. The Balaban J connectivity index is 2.71. The Bertz CT molecular complexity index is 764. The molecule has 9 heteroatoms. The summed E-state index contributed by atoms with van der Waals surface area (Å²) in [5.74, 6) is 2.15. The maximum absolute atomic E-state index is 11.5. The Morgan fingerprint density at radius 2 is 1.72 bits per heavy atom. The zero-order chi connectivity index (χ0) is 21.9. The van der Waals surface area contributed by atoms with Crippen LogP contribution in [0.1, 0.15) is 40.2 Å². The van der Waals surface area contributed by atoms with Crippen molar-refractivity contribution < 1.29 is 17.9 Å².